The second-order valence-electron chi connectivity index (χ2n) is 6.10. The average Bonchev–Trinajstić information content (AvgIpc) is 2.98. The van der Waals surface area contributed by atoms with Gasteiger partial charge in [-0.3, -0.25) is 9.59 Å². The minimum absolute atomic E-state index is 0.104. The minimum Gasteiger partial charge on any atom is -0.352 e. The standard InChI is InChI=1S/C19H18ClFN2O2/c1-12-15(20)6-4-8-17(12)23-11-14(9-18(23)24)19(25)22-10-13-5-2-3-7-16(13)21/h2-8,14H,9-11H2,1H3,(H,22,25). The Hall–Kier alpha value is -2.40. The van der Waals surface area contributed by atoms with Crippen LogP contribution in [-0.4, -0.2) is 18.4 Å². The molecular formula is C19H18ClFN2O2. The fourth-order valence-corrected chi connectivity index (χ4v) is 3.14. The summed E-state index contributed by atoms with van der Waals surface area (Å²) in [6, 6.07) is 11.7. The van der Waals surface area contributed by atoms with Gasteiger partial charge in [-0.15, -0.1) is 0 Å². The molecule has 1 unspecified atom stereocenters. The number of hydrogen-bond acceptors (Lipinski definition) is 2. The van der Waals surface area contributed by atoms with Crippen molar-refractivity contribution in [3.8, 4) is 0 Å². The number of nitrogens with zero attached hydrogens (tertiary/aromatic N) is 1. The number of benzene rings is 2. The Labute approximate surface area is 150 Å². The molecule has 1 N–H and O–H groups in total. The highest BCUT2D eigenvalue weighted by molar-refractivity contribution is 6.31. The zero-order chi connectivity index (χ0) is 18.0. The second kappa shape index (κ2) is 7.23. The zero-order valence-electron chi connectivity index (χ0n) is 13.8. The fraction of sp³-hybridized carbons (Fsp3) is 0.263. The molecule has 0 bridgehead atoms. The number of anilines is 1. The fourth-order valence-electron chi connectivity index (χ4n) is 2.97. The molecule has 0 aliphatic carbocycles. The van der Waals surface area contributed by atoms with Crippen LogP contribution in [0.25, 0.3) is 0 Å². The van der Waals surface area contributed by atoms with Gasteiger partial charge in [0.2, 0.25) is 11.8 Å². The average molecular weight is 361 g/mol. The maximum absolute atomic E-state index is 13.6. The number of carbonyl (C=O) groups is 2. The summed E-state index contributed by atoms with van der Waals surface area (Å²) in [5.74, 6) is -1.19. The van der Waals surface area contributed by atoms with E-state index in [1.807, 2.05) is 13.0 Å². The van der Waals surface area contributed by atoms with Crippen LogP contribution in [0, 0.1) is 18.7 Å². The SMILES string of the molecule is Cc1c(Cl)cccc1N1CC(C(=O)NCc2ccccc2F)CC1=O. The Kier molecular flexibility index (Phi) is 5.04. The highest BCUT2D eigenvalue weighted by atomic mass is 35.5. The molecule has 2 aromatic rings. The second-order valence-corrected chi connectivity index (χ2v) is 6.51. The van der Waals surface area contributed by atoms with Crippen LogP contribution in [-0.2, 0) is 16.1 Å². The van der Waals surface area contributed by atoms with Gasteiger partial charge >= 0.3 is 0 Å². The summed E-state index contributed by atoms with van der Waals surface area (Å²) in [5.41, 5.74) is 1.95. The molecule has 2 amide bonds. The molecule has 0 radical (unpaired) electrons. The molecule has 3 rings (SSSR count). The number of hydrogen-bond donors (Lipinski definition) is 1. The van der Waals surface area contributed by atoms with Crippen molar-refractivity contribution >= 4 is 29.1 Å². The van der Waals surface area contributed by atoms with E-state index >= 15 is 0 Å². The number of amides is 2. The lowest BCUT2D eigenvalue weighted by atomic mass is 10.1. The Balaban J connectivity index is 1.67. The van der Waals surface area contributed by atoms with E-state index < -0.39 is 5.92 Å². The topological polar surface area (TPSA) is 49.4 Å². The molecule has 1 aliphatic heterocycles. The van der Waals surface area contributed by atoms with Crippen molar-refractivity contribution in [1.82, 2.24) is 5.32 Å². The smallest absolute Gasteiger partial charge is 0.227 e. The van der Waals surface area contributed by atoms with E-state index in [2.05, 4.69) is 5.32 Å². The van der Waals surface area contributed by atoms with Crippen molar-refractivity contribution < 1.29 is 14.0 Å². The van der Waals surface area contributed by atoms with Crippen LogP contribution >= 0.6 is 11.6 Å². The van der Waals surface area contributed by atoms with Crippen molar-refractivity contribution in [2.45, 2.75) is 19.9 Å². The largest absolute Gasteiger partial charge is 0.352 e. The molecule has 1 saturated heterocycles. The summed E-state index contributed by atoms with van der Waals surface area (Å²) in [5, 5.41) is 3.30. The van der Waals surface area contributed by atoms with Gasteiger partial charge in [0.25, 0.3) is 0 Å². The van der Waals surface area contributed by atoms with Crippen molar-refractivity contribution in [2.24, 2.45) is 5.92 Å². The molecule has 6 heteroatoms. The molecule has 2 aromatic carbocycles. The third-order valence-electron chi connectivity index (χ3n) is 4.44. The van der Waals surface area contributed by atoms with Gasteiger partial charge in [0.15, 0.2) is 0 Å². The van der Waals surface area contributed by atoms with Crippen LogP contribution in [0.4, 0.5) is 10.1 Å². The molecule has 4 nitrogen and oxygen atoms in total. The summed E-state index contributed by atoms with van der Waals surface area (Å²) in [6.07, 6.45) is 0.134. The van der Waals surface area contributed by atoms with Gasteiger partial charge in [-0.1, -0.05) is 35.9 Å². The molecule has 1 aliphatic rings. The van der Waals surface area contributed by atoms with Crippen LogP contribution in [0.1, 0.15) is 17.5 Å². The van der Waals surface area contributed by atoms with Gasteiger partial charge in [0.1, 0.15) is 5.82 Å². The van der Waals surface area contributed by atoms with E-state index in [1.165, 1.54) is 6.07 Å². The highest BCUT2D eigenvalue weighted by Gasteiger charge is 2.35. The van der Waals surface area contributed by atoms with E-state index in [4.69, 9.17) is 11.6 Å². The van der Waals surface area contributed by atoms with Gasteiger partial charge in [0, 0.05) is 35.8 Å². The first kappa shape index (κ1) is 17.4. The van der Waals surface area contributed by atoms with E-state index in [1.54, 1.807) is 35.2 Å². The van der Waals surface area contributed by atoms with Gasteiger partial charge in [-0.05, 0) is 30.7 Å². The third-order valence-corrected chi connectivity index (χ3v) is 4.85. The highest BCUT2D eigenvalue weighted by Crippen LogP contribution is 2.31. The van der Waals surface area contributed by atoms with Gasteiger partial charge in [-0.2, -0.15) is 0 Å². The lowest BCUT2D eigenvalue weighted by Crippen LogP contribution is -2.33. The van der Waals surface area contributed by atoms with Crippen molar-refractivity contribution in [2.75, 3.05) is 11.4 Å². The molecular weight excluding hydrogens is 343 g/mol. The van der Waals surface area contributed by atoms with E-state index in [9.17, 15) is 14.0 Å². The molecule has 130 valence electrons. The lowest BCUT2D eigenvalue weighted by molar-refractivity contribution is -0.126. The molecule has 1 fully saturated rings. The van der Waals surface area contributed by atoms with Crippen LogP contribution in [0.3, 0.4) is 0 Å². The van der Waals surface area contributed by atoms with Gasteiger partial charge in [-0.25, -0.2) is 4.39 Å². The first-order chi connectivity index (χ1) is 12.0. The number of nitrogens with one attached hydrogen (secondary N) is 1. The maximum atomic E-state index is 13.6. The molecule has 25 heavy (non-hydrogen) atoms. The zero-order valence-corrected chi connectivity index (χ0v) is 14.5. The normalized spacial score (nSPS) is 17.0. The summed E-state index contributed by atoms with van der Waals surface area (Å²) < 4.78 is 13.6. The number of rotatable bonds is 4. The first-order valence-corrected chi connectivity index (χ1v) is 8.41. The van der Waals surface area contributed by atoms with Gasteiger partial charge in [0.05, 0.1) is 5.92 Å². The van der Waals surface area contributed by atoms with Crippen LogP contribution in [0.2, 0.25) is 5.02 Å². The molecule has 0 spiro atoms. The summed E-state index contributed by atoms with van der Waals surface area (Å²) in [4.78, 5) is 26.3. The summed E-state index contributed by atoms with van der Waals surface area (Å²) in [7, 11) is 0. The van der Waals surface area contributed by atoms with Crippen molar-refractivity contribution in [1.29, 1.82) is 0 Å². The third kappa shape index (κ3) is 3.66. The Morgan fingerprint density at radius 3 is 2.80 bits per heavy atom. The first-order valence-electron chi connectivity index (χ1n) is 8.04. The molecule has 0 saturated carbocycles. The quantitative estimate of drug-likeness (QED) is 0.907. The molecule has 1 atom stereocenters. The van der Waals surface area contributed by atoms with E-state index in [0.717, 1.165) is 11.3 Å². The Bertz CT molecular complexity index is 825. The Morgan fingerprint density at radius 1 is 1.28 bits per heavy atom. The maximum Gasteiger partial charge on any atom is 0.227 e. The van der Waals surface area contributed by atoms with E-state index in [0.29, 0.717) is 17.1 Å². The molecule has 1 heterocycles. The predicted octanol–water partition coefficient (Wildman–Crippen LogP) is 3.46. The summed E-state index contributed by atoms with van der Waals surface area (Å²) >= 11 is 6.12. The predicted molar refractivity (Wildman–Crippen MR) is 94.9 cm³/mol. The van der Waals surface area contributed by atoms with Crippen LogP contribution in [0.15, 0.2) is 42.5 Å². The number of carbonyl (C=O) groups excluding carboxylic acids is 2. The minimum atomic E-state index is -0.461. The lowest BCUT2D eigenvalue weighted by Gasteiger charge is -2.19. The van der Waals surface area contributed by atoms with Crippen LogP contribution in [0.5, 0.6) is 0 Å². The number of halogens is 2. The van der Waals surface area contributed by atoms with Crippen LogP contribution < -0.4 is 10.2 Å². The molecule has 0 aromatic heterocycles. The van der Waals surface area contributed by atoms with Crippen molar-refractivity contribution in [3.63, 3.8) is 0 Å². The van der Waals surface area contributed by atoms with E-state index in [-0.39, 0.29) is 30.6 Å². The Morgan fingerprint density at radius 2 is 2.04 bits per heavy atom. The summed E-state index contributed by atoms with van der Waals surface area (Å²) in [6.45, 7) is 2.24. The van der Waals surface area contributed by atoms with Crippen molar-refractivity contribution in [3.05, 3.63) is 64.4 Å². The monoisotopic (exact) mass is 360 g/mol. The van der Waals surface area contributed by atoms with Gasteiger partial charge < -0.3 is 10.2 Å².